The Kier molecular flexibility index (Phi) is 3.52. The summed E-state index contributed by atoms with van der Waals surface area (Å²) < 4.78 is 10.7. The lowest BCUT2D eigenvalue weighted by molar-refractivity contribution is -0.0394. The molecule has 0 spiro atoms. The van der Waals surface area contributed by atoms with Gasteiger partial charge >= 0.3 is 0 Å². The molecular formula is C11H19NO2. The van der Waals surface area contributed by atoms with Gasteiger partial charge in [0.2, 0.25) is 0 Å². The van der Waals surface area contributed by atoms with Gasteiger partial charge in [0.25, 0.3) is 0 Å². The van der Waals surface area contributed by atoms with Gasteiger partial charge in [0.15, 0.2) is 0 Å². The third-order valence-corrected chi connectivity index (χ3v) is 3.00. The highest BCUT2D eigenvalue weighted by atomic mass is 16.5. The van der Waals surface area contributed by atoms with Crippen LogP contribution >= 0.6 is 0 Å². The molecule has 3 nitrogen and oxygen atoms in total. The minimum atomic E-state index is -0.238. The molecule has 14 heavy (non-hydrogen) atoms. The molecule has 3 heteroatoms. The fourth-order valence-electron chi connectivity index (χ4n) is 1.98. The predicted molar refractivity (Wildman–Crippen MR) is 53.8 cm³/mol. The Bertz CT molecular complexity index is 224. The number of hydrogen-bond donors (Lipinski definition) is 0. The molecule has 1 aliphatic heterocycles. The predicted octanol–water partition coefficient (Wildman–Crippen LogP) is 2.12. The van der Waals surface area contributed by atoms with E-state index in [9.17, 15) is 5.26 Å². The van der Waals surface area contributed by atoms with Gasteiger partial charge < -0.3 is 9.47 Å². The van der Waals surface area contributed by atoms with Crippen LogP contribution in [0.5, 0.6) is 0 Å². The Labute approximate surface area is 86.0 Å². The number of nitrogens with zero attached hydrogens (tertiary/aromatic N) is 1. The molecule has 0 bridgehead atoms. The molecule has 0 N–H and O–H groups in total. The van der Waals surface area contributed by atoms with Gasteiger partial charge in [-0.05, 0) is 33.1 Å². The van der Waals surface area contributed by atoms with Gasteiger partial charge in [-0.15, -0.1) is 0 Å². The Hall–Kier alpha value is -0.590. The fourth-order valence-corrected chi connectivity index (χ4v) is 1.98. The lowest BCUT2D eigenvalue weighted by Crippen LogP contribution is -2.37. The summed E-state index contributed by atoms with van der Waals surface area (Å²) in [6.45, 7) is 5.46. The molecule has 0 unspecified atom stereocenters. The van der Waals surface area contributed by atoms with Crippen LogP contribution in [0.4, 0.5) is 0 Å². The van der Waals surface area contributed by atoms with E-state index in [0.29, 0.717) is 13.2 Å². The highest BCUT2D eigenvalue weighted by molar-refractivity contribution is 5.03. The van der Waals surface area contributed by atoms with Crippen molar-refractivity contribution in [3.63, 3.8) is 0 Å². The van der Waals surface area contributed by atoms with Crippen LogP contribution in [-0.4, -0.2) is 25.9 Å². The first-order chi connectivity index (χ1) is 6.54. The SMILES string of the molecule is COC(C)(C)CC1(C#N)CCOCC1. The van der Waals surface area contributed by atoms with E-state index in [2.05, 4.69) is 6.07 Å². The summed E-state index contributed by atoms with van der Waals surface area (Å²) in [5.74, 6) is 0. The Morgan fingerprint density at radius 3 is 2.43 bits per heavy atom. The highest BCUT2D eigenvalue weighted by Gasteiger charge is 2.38. The molecule has 0 saturated carbocycles. The van der Waals surface area contributed by atoms with Crippen molar-refractivity contribution < 1.29 is 9.47 Å². The van der Waals surface area contributed by atoms with Crippen LogP contribution in [-0.2, 0) is 9.47 Å². The summed E-state index contributed by atoms with van der Waals surface area (Å²) in [6.07, 6.45) is 2.45. The van der Waals surface area contributed by atoms with Crippen molar-refractivity contribution in [1.82, 2.24) is 0 Å². The van der Waals surface area contributed by atoms with Gasteiger partial charge in [-0.2, -0.15) is 5.26 Å². The van der Waals surface area contributed by atoms with Crippen LogP contribution in [0.2, 0.25) is 0 Å². The van der Waals surface area contributed by atoms with Crippen LogP contribution in [0.25, 0.3) is 0 Å². The lowest BCUT2D eigenvalue weighted by Gasteiger charge is -2.36. The third-order valence-electron chi connectivity index (χ3n) is 3.00. The van der Waals surface area contributed by atoms with Crippen molar-refractivity contribution in [2.24, 2.45) is 5.41 Å². The average Bonchev–Trinajstić information content (AvgIpc) is 2.19. The molecule has 0 aliphatic carbocycles. The average molecular weight is 197 g/mol. The molecule has 80 valence electrons. The first kappa shape index (κ1) is 11.5. The molecule has 0 aromatic heterocycles. The molecule has 1 fully saturated rings. The minimum Gasteiger partial charge on any atom is -0.381 e. The van der Waals surface area contributed by atoms with Crippen LogP contribution in [0.3, 0.4) is 0 Å². The van der Waals surface area contributed by atoms with Crippen molar-refractivity contribution in [2.75, 3.05) is 20.3 Å². The van der Waals surface area contributed by atoms with Gasteiger partial charge in [-0.25, -0.2) is 0 Å². The topological polar surface area (TPSA) is 42.2 Å². The van der Waals surface area contributed by atoms with E-state index in [1.165, 1.54) is 0 Å². The number of ether oxygens (including phenoxy) is 2. The van der Waals surface area contributed by atoms with Gasteiger partial charge in [0.1, 0.15) is 0 Å². The van der Waals surface area contributed by atoms with Crippen LogP contribution in [0.1, 0.15) is 33.1 Å². The van der Waals surface area contributed by atoms with Gasteiger partial charge in [-0.1, -0.05) is 0 Å². The Balaban J connectivity index is 2.66. The highest BCUT2D eigenvalue weighted by Crippen LogP contribution is 2.38. The molecule has 1 rings (SSSR count). The second-order valence-corrected chi connectivity index (χ2v) is 4.65. The maximum absolute atomic E-state index is 9.24. The molecular weight excluding hydrogens is 178 g/mol. The summed E-state index contributed by atoms with van der Waals surface area (Å²) in [6, 6.07) is 2.45. The second-order valence-electron chi connectivity index (χ2n) is 4.65. The minimum absolute atomic E-state index is 0.215. The molecule has 0 amide bonds. The molecule has 1 heterocycles. The van der Waals surface area contributed by atoms with Gasteiger partial charge in [-0.3, -0.25) is 0 Å². The van der Waals surface area contributed by atoms with Crippen molar-refractivity contribution >= 4 is 0 Å². The van der Waals surface area contributed by atoms with E-state index < -0.39 is 0 Å². The van der Waals surface area contributed by atoms with Crippen LogP contribution in [0.15, 0.2) is 0 Å². The van der Waals surface area contributed by atoms with Crippen LogP contribution in [0, 0.1) is 16.7 Å². The summed E-state index contributed by atoms with van der Waals surface area (Å²) in [4.78, 5) is 0. The number of rotatable bonds is 3. The van der Waals surface area contributed by atoms with Gasteiger partial charge in [0.05, 0.1) is 17.1 Å². The number of hydrogen-bond acceptors (Lipinski definition) is 3. The molecule has 0 atom stereocenters. The first-order valence-corrected chi connectivity index (χ1v) is 5.08. The van der Waals surface area contributed by atoms with Crippen molar-refractivity contribution in [1.29, 1.82) is 5.26 Å². The van der Waals surface area contributed by atoms with E-state index in [1.54, 1.807) is 7.11 Å². The molecule has 1 aliphatic rings. The van der Waals surface area contributed by atoms with E-state index in [-0.39, 0.29) is 11.0 Å². The standard InChI is InChI=1S/C11H19NO2/c1-10(2,13-3)8-11(9-12)4-6-14-7-5-11/h4-8H2,1-3H3. The number of nitriles is 1. The zero-order valence-corrected chi connectivity index (χ0v) is 9.30. The Morgan fingerprint density at radius 1 is 1.43 bits per heavy atom. The quantitative estimate of drug-likeness (QED) is 0.696. The summed E-state index contributed by atoms with van der Waals surface area (Å²) in [5, 5.41) is 9.24. The molecule has 0 aromatic rings. The molecule has 0 aromatic carbocycles. The smallest absolute Gasteiger partial charge is 0.0692 e. The van der Waals surface area contributed by atoms with E-state index in [4.69, 9.17) is 9.47 Å². The van der Waals surface area contributed by atoms with Crippen molar-refractivity contribution in [3.8, 4) is 6.07 Å². The zero-order valence-electron chi connectivity index (χ0n) is 9.30. The maximum Gasteiger partial charge on any atom is 0.0692 e. The van der Waals surface area contributed by atoms with Crippen molar-refractivity contribution in [3.05, 3.63) is 0 Å². The zero-order chi connectivity index (χ0) is 10.7. The Morgan fingerprint density at radius 2 is 2.00 bits per heavy atom. The normalized spacial score (nSPS) is 21.6. The van der Waals surface area contributed by atoms with Crippen molar-refractivity contribution in [2.45, 2.75) is 38.7 Å². The van der Waals surface area contributed by atoms with Gasteiger partial charge in [0, 0.05) is 20.3 Å². The second kappa shape index (κ2) is 4.29. The fraction of sp³-hybridized carbons (Fsp3) is 0.909. The van der Waals surface area contributed by atoms with Crippen LogP contribution < -0.4 is 0 Å². The lowest BCUT2D eigenvalue weighted by atomic mass is 9.74. The molecule has 0 radical (unpaired) electrons. The summed E-state index contributed by atoms with van der Waals surface area (Å²) >= 11 is 0. The van der Waals surface area contributed by atoms with E-state index in [0.717, 1.165) is 19.3 Å². The molecule has 1 saturated heterocycles. The number of methoxy groups -OCH3 is 1. The third kappa shape index (κ3) is 2.70. The largest absolute Gasteiger partial charge is 0.381 e. The first-order valence-electron chi connectivity index (χ1n) is 5.08. The summed E-state index contributed by atoms with van der Waals surface area (Å²) in [5.41, 5.74) is -0.454. The maximum atomic E-state index is 9.24. The monoisotopic (exact) mass is 197 g/mol. The van der Waals surface area contributed by atoms with E-state index in [1.807, 2.05) is 13.8 Å². The summed E-state index contributed by atoms with van der Waals surface area (Å²) in [7, 11) is 1.70. The van der Waals surface area contributed by atoms with E-state index >= 15 is 0 Å².